The first-order valence-electron chi connectivity index (χ1n) is 6.58. The second kappa shape index (κ2) is 6.18. The first-order valence-corrected chi connectivity index (χ1v) is 6.58. The number of nitrogens with two attached hydrogens (primary N) is 1. The van der Waals surface area contributed by atoms with Crippen LogP contribution in [0, 0.1) is 24.4 Å². The van der Waals surface area contributed by atoms with Crippen molar-refractivity contribution in [1.29, 1.82) is 0 Å². The summed E-state index contributed by atoms with van der Waals surface area (Å²) in [5, 5.41) is 0. The predicted octanol–water partition coefficient (Wildman–Crippen LogP) is 3.55. The van der Waals surface area contributed by atoms with Crippen molar-refractivity contribution in [3.05, 3.63) is 65.0 Å². The molecule has 2 aromatic carbocycles. The molecule has 0 saturated heterocycles. The molecular weight excluding hydrogens is 277 g/mol. The number of aryl methyl sites for hydroxylation is 1. The third kappa shape index (κ3) is 3.19. The minimum atomic E-state index is -1.20. The van der Waals surface area contributed by atoms with Gasteiger partial charge < -0.3 is 10.6 Å². The van der Waals surface area contributed by atoms with Gasteiger partial charge in [-0.2, -0.15) is 0 Å². The molecule has 0 aromatic heterocycles. The van der Waals surface area contributed by atoms with Crippen LogP contribution in [0.15, 0.2) is 36.4 Å². The van der Waals surface area contributed by atoms with E-state index in [-0.39, 0.29) is 12.1 Å². The van der Waals surface area contributed by atoms with Gasteiger partial charge in [0.15, 0.2) is 11.6 Å². The van der Waals surface area contributed by atoms with Crippen LogP contribution in [0.25, 0.3) is 0 Å². The Kier molecular flexibility index (Phi) is 4.53. The van der Waals surface area contributed by atoms with E-state index in [9.17, 15) is 13.2 Å². The van der Waals surface area contributed by atoms with Gasteiger partial charge in [0.1, 0.15) is 5.82 Å². The van der Waals surface area contributed by atoms with Crippen LogP contribution in [0.1, 0.15) is 17.2 Å². The molecular formula is C16H17F3N2. The molecule has 21 heavy (non-hydrogen) atoms. The lowest BCUT2D eigenvalue weighted by Crippen LogP contribution is -2.31. The zero-order valence-corrected chi connectivity index (χ0v) is 11.9. The lowest BCUT2D eigenvalue weighted by atomic mass is 10.0. The largest absolute Gasteiger partial charge is 0.366 e. The quantitative estimate of drug-likeness (QED) is 0.874. The molecule has 0 saturated carbocycles. The number of benzene rings is 2. The zero-order valence-electron chi connectivity index (χ0n) is 11.9. The summed E-state index contributed by atoms with van der Waals surface area (Å²) in [5.74, 6) is -3.09. The predicted molar refractivity (Wildman–Crippen MR) is 77.7 cm³/mol. The molecule has 0 aliphatic carbocycles. The van der Waals surface area contributed by atoms with E-state index in [4.69, 9.17) is 5.73 Å². The smallest absolute Gasteiger partial charge is 0.161 e. The van der Waals surface area contributed by atoms with E-state index < -0.39 is 23.5 Å². The van der Waals surface area contributed by atoms with E-state index in [1.165, 1.54) is 0 Å². The minimum Gasteiger partial charge on any atom is -0.366 e. The van der Waals surface area contributed by atoms with Crippen molar-refractivity contribution in [1.82, 2.24) is 0 Å². The van der Waals surface area contributed by atoms with Gasteiger partial charge >= 0.3 is 0 Å². The van der Waals surface area contributed by atoms with Gasteiger partial charge in [0.2, 0.25) is 0 Å². The summed E-state index contributed by atoms with van der Waals surface area (Å²) >= 11 is 0. The van der Waals surface area contributed by atoms with Crippen molar-refractivity contribution in [2.24, 2.45) is 5.73 Å². The summed E-state index contributed by atoms with van der Waals surface area (Å²) in [6.45, 7) is 2.01. The van der Waals surface area contributed by atoms with Crippen LogP contribution < -0.4 is 10.6 Å². The number of halogens is 3. The maximum atomic E-state index is 13.9. The van der Waals surface area contributed by atoms with Crippen LogP contribution in [-0.2, 0) is 0 Å². The first kappa shape index (κ1) is 15.4. The molecule has 0 fully saturated rings. The number of hydrogen-bond acceptors (Lipinski definition) is 2. The summed E-state index contributed by atoms with van der Waals surface area (Å²) in [6, 6.07) is 8.42. The van der Waals surface area contributed by atoms with Gasteiger partial charge in [-0.05, 0) is 30.7 Å². The SMILES string of the molecule is Cc1cccc(N(C)C(CN)c2cc(F)c(F)cc2F)c1. The molecule has 0 bridgehead atoms. The molecule has 0 spiro atoms. The summed E-state index contributed by atoms with van der Waals surface area (Å²) in [6.07, 6.45) is 0. The van der Waals surface area contributed by atoms with Crippen LogP contribution in [0.4, 0.5) is 18.9 Å². The maximum absolute atomic E-state index is 13.9. The summed E-state index contributed by atoms with van der Waals surface area (Å²) < 4.78 is 40.4. The lowest BCUT2D eigenvalue weighted by Gasteiger charge is -2.30. The topological polar surface area (TPSA) is 29.3 Å². The fraction of sp³-hybridized carbons (Fsp3) is 0.250. The monoisotopic (exact) mass is 294 g/mol. The Labute approximate surface area is 122 Å². The molecule has 2 rings (SSSR count). The van der Waals surface area contributed by atoms with Gasteiger partial charge in [-0.1, -0.05) is 12.1 Å². The Morgan fingerprint density at radius 2 is 1.71 bits per heavy atom. The van der Waals surface area contributed by atoms with Crippen LogP contribution in [0.3, 0.4) is 0 Å². The number of rotatable bonds is 4. The van der Waals surface area contributed by atoms with Crippen LogP contribution >= 0.6 is 0 Å². The van der Waals surface area contributed by atoms with E-state index in [0.29, 0.717) is 6.07 Å². The molecule has 0 aliphatic heterocycles. The summed E-state index contributed by atoms with van der Waals surface area (Å²) in [5.41, 5.74) is 7.63. The standard InChI is InChI=1S/C16H17F3N2/c1-10-4-3-5-11(6-10)21(2)16(9-20)12-7-14(18)15(19)8-13(12)17/h3-8,16H,9,20H2,1-2H3. The van der Waals surface area contributed by atoms with Gasteiger partial charge in [-0.3, -0.25) is 0 Å². The molecule has 0 aliphatic rings. The van der Waals surface area contributed by atoms with Crippen molar-refractivity contribution < 1.29 is 13.2 Å². The number of hydrogen-bond donors (Lipinski definition) is 1. The van der Waals surface area contributed by atoms with E-state index in [2.05, 4.69) is 0 Å². The van der Waals surface area contributed by atoms with Crippen molar-refractivity contribution in [3.63, 3.8) is 0 Å². The molecule has 2 aromatic rings. The van der Waals surface area contributed by atoms with Crippen molar-refractivity contribution in [3.8, 4) is 0 Å². The number of anilines is 1. The van der Waals surface area contributed by atoms with Gasteiger partial charge in [0, 0.05) is 30.9 Å². The molecule has 1 unspecified atom stereocenters. The van der Waals surface area contributed by atoms with Crippen LogP contribution in [-0.4, -0.2) is 13.6 Å². The van der Waals surface area contributed by atoms with Crippen molar-refractivity contribution >= 4 is 5.69 Å². The first-order chi connectivity index (χ1) is 9.93. The average Bonchev–Trinajstić information content (AvgIpc) is 2.45. The summed E-state index contributed by atoms with van der Waals surface area (Å²) in [4.78, 5) is 1.75. The molecule has 5 heteroatoms. The van der Waals surface area contributed by atoms with E-state index >= 15 is 0 Å². The lowest BCUT2D eigenvalue weighted by molar-refractivity contribution is 0.483. The number of nitrogens with zero attached hydrogens (tertiary/aromatic N) is 1. The second-order valence-electron chi connectivity index (χ2n) is 4.99. The highest BCUT2D eigenvalue weighted by atomic mass is 19.2. The van der Waals surface area contributed by atoms with Gasteiger partial charge in [0.05, 0.1) is 6.04 Å². The fourth-order valence-electron chi connectivity index (χ4n) is 2.31. The fourth-order valence-corrected chi connectivity index (χ4v) is 2.31. The highest BCUT2D eigenvalue weighted by molar-refractivity contribution is 5.50. The van der Waals surface area contributed by atoms with Gasteiger partial charge in [0.25, 0.3) is 0 Å². The molecule has 0 radical (unpaired) electrons. The zero-order chi connectivity index (χ0) is 15.6. The molecule has 0 amide bonds. The second-order valence-corrected chi connectivity index (χ2v) is 4.99. The van der Waals surface area contributed by atoms with E-state index in [1.807, 2.05) is 31.2 Å². The Bertz CT molecular complexity index is 643. The van der Waals surface area contributed by atoms with E-state index in [0.717, 1.165) is 17.3 Å². The molecule has 2 nitrogen and oxygen atoms in total. The Morgan fingerprint density at radius 1 is 1.05 bits per heavy atom. The third-order valence-electron chi connectivity index (χ3n) is 3.50. The Morgan fingerprint density at radius 3 is 2.33 bits per heavy atom. The summed E-state index contributed by atoms with van der Waals surface area (Å²) in [7, 11) is 1.74. The molecule has 2 N–H and O–H groups in total. The van der Waals surface area contributed by atoms with Gasteiger partial charge in [-0.15, -0.1) is 0 Å². The Balaban J connectivity index is 2.42. The molecule has 112 valence electrons. The third-order valence-corrected chi connectivity index (χ3v) is 3.50. The van der Waals surface area contributed by atoms with Crippen LogP contribution in [0.2, 0.25) is 0 Å². The van der Waals surface area contributed by atoms with E-state index in [1.54, 1.807) is 11.9 Å². The maximum Gasteiger partial charge on any atom is 0.161 e. The molecule has 1 atom stereocenters. The van der Waals surface area contributed by atoms with Crippen molar-refractivity contribution in [2.45, 2.75) is 13.0 Å². The average molecular weight is 294 g/mol. The van der Waals surface area contributed by atoms with Gasteiger partial charge in [-0.25, -0.2) is 13.2 Å². The van der Waals surface area contributed by atoms with Crippen LogP contribution in [0.5, 0.6) is 0 Å². The molecule has 0 heterocycles. The van der Waals surface area contributed by atoms with Crippen molar-refractivity contribution in [2.75, 3.05) is 18.5 Å². The normalized spacial score (nSPS) is 12.3. The number of likely N-dealkylation sites (N-methyl/N-ethyl adjacent to an activating group) is 1. The minimum absolute atomic E-state index is 0.0420. The highest BCUT2D eigenvalue weighted by Gasteiger charge is 2.22. The highest BCUT2D eigenvalue weighted by Crippen LogP contribution is 2.28. The Hall–Kier alpha value is -2.01.